The molecule has 0 saturated heterocycles. The summed E-state index contributed by atoms with van der Waals surface area (Å²) in [6, 6.07) is 5.92. The SMILES string of the molecule is COc1nc(C)c(C=O)c(-c2ccc([N+](=O)[O-])cc2)n1. The van der Waals surface area contributed by atoms with Gasteiger partial charge in [0.05, 0.1) is 29.0 Å². The van der Waals surface area contributed by atoms with E-state index in [1.807, 2.05) is 0 Å². The molecule has 0 N–H and O–H groups in total. The summed E-state index contributed by atoms with van der Waals surface area (Å²) in [4.78, 5) is 29.5. The summed E-state index contributed by atoms with van der Waals surface area (Å²) in [5.74, 6) is 0. The van der Waals surface area contributed by atoms with Crippen molar-refractivity contribution in [3.8, 4) is 17.3 Å². The van der Waals surface area contributed by atoms with Gasteiger partial charge in [-0.15, -0.1) is 0 Å². The van der Waals surface area contributed by atoms with Gasteiger partial charge in [-0.1, -0.05) is 0 Å². The highest BCUT2D eigenvalue weighted by atomic mass is 16.6. The van der Waals surface area contributed by atoms with Gasteiger partial charge >= 0.3 is 6.01 Å². The second-order valence-corrected chi connectivity index (χ2v) is 3.98. The number of carbonyl (C=O) groups is 1. The fraction of sp³-hybridized carbons (Fsp3) is 0.154. The number of nitro groups is 1. The van der Waals surface area contributed by atoms with Crippen LogP contribution in [0.4, 0.5) is 5.69 Å². The molecule has 1 aromatic heterocycles. The number of methoxy groups -OCH3 is 1. The Morgan fingerprint density at radius 3 is 2.40 bits per heavy atom. The average Bonchev–Trinajstić information content (AvgIpc) is 2.46. The van der Waals surface area contributed by atoms with Crippen LogP contribution in [0.5, 0.6) is 6.01 Å². The van der Waals surface area contributed by atoms with Crippen LogP contribution in [0.3, 0.4) is 0 Å². The van der Waals surface area contributed by atoms with Crippen LogP contribution in [0.1, 0.15) is 16.1 Å². The number of rotatable bonds is 4. The summed E-state index contributed by atoms with van der Waals surface area (Å²) in [7, 11) is 1.43. The molecule has 2 aromatic rings. The van der Waals surface area contributed by atoms with E-state index in [9.17, 15) is 14.9 Å². The van der Waals surface area contributed by atoms with Crippen molar-refractivity contribution in [1.29, 1.82) is 0 Å². The van der Waals surface area contributed by atoms with E-state index < -0.39 is 4.92 Å². The zero-order valence-electron chi connectivity index (χ0n) is 10.9. The number of non-ortho nitro benzene ring substituents is 1. The number of aldehydes is 1. The second-order valence-electron chi connectivity index (χ2n) is 3.98. The van der Waals surface area contributed by atoms with E-state index in [0.717, 1.165) is 0 Å². The van der Waals surface area contributed by atoms with Crippen LogP contribution < -0.4 is 4.74 Å². The highest BCUT2D eigenvalue weighted by molar-refractivity contribution is 5.87. The minimum Gasteiger partial charge on any atom is -0.467 e. The highest BCUT2D eigenvalue weighted by Gasteiger charge is 2.14. The number of nitro benzene ring substituents is 1. The molecule has 0 atom stereocenters. The lowest BCUT2D eigenvalue weighted by Crippen LogP contribution is -2.02. The molecule has 0 aliphatic carbocycles. The van der Waals surface area contributed by atoms with Crippen molar-refractivity contribution in [1.82, 2.24) is 9.97 Å². The molecule has 1 aromatic carbocycles. The third-order valence-corrected chi connectivity index (χ3v) is 2.77. The van der Waals surface area contributed by atoms with Crippen molar-refractivity contribution in [2.45, 2.75) is 6.92 Å². The summed E-state index contributed by atoms with van der Waals surface area (Å²) < 4.78 is 4.97. The van der Waals surface area contributed by atoms with E-state index in [2.05, 4.69) is 9.97 Å². The molecule has 2 rings (SSSR count). The van der Waals surface area contributed by atoms with Crippen molar-refractivity contribution in [3.05, 3.63) is 45.6 Å². The quantitative estimate of drug-likeness (QED) is 0.481. The Labute approximate surface area is 114 Å². The smallest absolute Gasteiger partial charge is 0.316 e. The number of hydrogen-bond donors (Lipinski definition) is 0. The van der Waals surface area contributed by atoms with E-state index in [1.165, 1.54) is 31.4 Å². The van der Waals surface area contributed by atoms with Crippen LogP contribution in [0.15, 0.2) is 24.3 Å². The molecule has 102 valence electrons. The third kappa shape index (κ3) is 2.46. The maximum absolute atomic E-state index is 11.2. The molecule has 0 amide bonds. The van der Waals surface area contributed by atoms with Gasteiger partial charge in [0.1, 0.15) is 0 Å². The predicted octanol–water partition coefficient (Wildman–Crippen LogP) is 2.18. The molecule has 0 aliphatic rings. The lowest BCUT2D eigenvalue weighted by atomic mass is 10.1. The van der Waals surface area contributed by atoms with E-state index in [0.29, 0.717) is 28.8 Å². The first-order chi connectivity index (χ1) is 9.56. The number of nitrogens with zero attached hydrogens (tertiary/aromatic N) is 3. The molecule has 0 fully saturated rings. The fourth-order valence-electron chi connectivity index (χ4n) is 1.75. The summed E-state index contributed by atoms with van der Waals surface area (Å²) in [5.41, 5.74) is 1.76. The Morgan fingerprint density at radius 1 is 1.25 bits per heavy atom. The van der Waals surface area contributed by atoms with Gasteiger partial charge in [-0.05, 0) is 19.1 Å². The number of aromatic nitrogens is 2. The molecule has 0 unspecified atom stereocenters. The molecule has 7 heteroatoms. The predicted molar refractivity (Wildman–Crippen MR) is 70.8 cm³/mol. The van der Waals surface area contributed by atoms with Gasteiger partial charge in [-0.25, -0.2) is 0 Å². The van der Waals surface area contributed by atoms with Crippen LogP contribution in [0.2, 0.25) is 0 Å². The van der Waals surface area contributed by atoms with E-state index >= 15 is 0 Å². The minimum absolute atomic E-state index is 0.0286. The van der Waals surface area contributed by atoms with Crippen LogP contribution >= 0.6 is 0 Å². The molecule has 0 bridgehead atoms. The number of aryl methyl sites for hydroxylation is 1. The van der Waals surface area contributed by atoms with Crippen molar-refractivity contribution < 1.29 is 14.5 Å². The number of benzene rings is 1. The third-order valence-electron chi connectivity index (χ3n) is 2.77. The van der Waals surface area contributed by atoms with Crippen molar-refractivity contribution in [2.24, 2.45) is 0 Å². The Hall–Kier alpha value is -2.83. The number of ether oxygens (including phenoxy) is 1. The van der Waals surface area contributed by atoms with E-state index in [4.69, 9.17) is 4.74 Å². The normalized spacial score (nSPS) is 10.1. The maximum atomic E-state index is 11.2. The summed E-state index contributed by atoms with van der Waals surface area (Å²) in [6.07, 6.45) is 0.658. The Morgan fingerprint density at radius 2 is 1.90 bits per heavy atom. The summed E-state index contributed by atoms with van der Waals surface area (Å²) in [6.45, 7) is 1.67. The topological polar surface area (TPSA) is 95.2 Å². The molecular formula is C13H11N3O4. The van der Waals surface area contributed by atoms with Crippen LogP contribution in [0.25, 0.3) is 11.3 Å². The molecule has 0 spiro atoms. The van der Waals surface area contributed by atoms with Gasteiger partial charge in [0.2, 0.25) is 0 Å². The van der Waals surface area contributed by atoms with Crippen molar-refractivity contribution >= 4 is 12.0 Å². The standard InChI is InChI=1S/C13H11N3O4/c1-8-11(7-17)12(15-13(14-8)20-2)9-3-5-10(6-4-9)16(18)19/h3-7H,1-2H3. The monoisotopic (exact) mass is 273 g/mol. The first-order valence-electron chi connectivity index (χ1n) is 5.69. The molecule has 20 heavy (non-hydrogen) atoms. The first kappa shape index (κ1) is 13.6. The van der Waals surface area contributed by atoms with Gasteiger partial charge in [-0.3, -0.25) is 14.9 Å². The van der Waals surface area contributed by atoms with Crippen molar-refractivity contribution in [3.63, 3.8) is 0 Å². The first-order valence-corrected chi connectivity index (χ1v) is 5.69. The Bertz CT molecular complexity index is 668. The number of hydrogen-bond acceptors (Lipinski definition) is 6. The van der Waals surface area contributed by atoms with E-state index in [1.54, 1.807) is 6.92 Å². The van der Waals surface area contributed by atoms with Crippen LogP contribution in [-0.2, 0) is 0 Å². The number of carbonyl (C=O) groups excluding carboxylic acids is 1. The van der Waals surface area contributed by atoms with Gasteiger partial charge < -0.3 is 4.74 Å². The molecule has 0 radical (unpaired) electrons. The van der Waals surface area contributed by atoms with Crippen molar-refractivity contribution in [2.75, 3.05) is 7.11 Å². The second kappa shape index (κ2) is 5.43. The van der Waals surface area contributed by atoms with Gasteiger partial charge in [0, 0.05) is 17.7 Å². The molecule has 7 nitrogen and oxygen atoms in total. The van der Waals surface area contributed by atoms with Crippen LogP contribution in [0, 0.1) is 17.0 Å². The largest absolute Gasteiger partial charge is 0.467 e. The molecule has 0 aliphatic heterocycles. The lowest BCUT2D eigenvalue weighted by molar-refractivity contribution is -0.384. The zero-order chi connectivity index (χ0) is 14.7. The summed E-state index contributed by atoms with van der Waals surface area (Å²) >= 11 is 0. The highest BCUT2D eigenvalue weighted by Crippen LogP contribution is 2.26. The Balaban J connectivity index is 2.58. The molecule has 0 saturated carbocycles. The maximum Gasteiger partial charge on any atom is 0.316 e. The summed E-state index contributed by atoms with van der Waals surface area (Å²) in [5, 5.41) is 10.6. The minimum atomic E-state index is -0.490. The van der Waals surface area contributed by atoms with Crippen LogP contribution in [-0.4, -0.2) is 28.3 Å². The average molecular weight is 273 g/mol. The van der Waals surface area contributed by atoms with Gasteiger partial charge in [-0.2, -0.15) is 9.97 Å². The Kier molecular flexibility index (Phi) is 3.69. The fourth-order valence-corrected chi connectivity index (χ4v) is 1.75. The molecule has 1 heterocycles. The van der Waals surface area contributed by atoms with Gasteiger partial charge in [0.15, 0.2) is 6.29 Å². The van der Waals surface area contributed by atoms with E-state index in [-0.39, 0.29) is 11.7 Å². The van der Waals surface area contributed by atoms with Gasteiger partial charge in [0.25, 0.3) is 5.69 Å². The zero-order valence-corrected chi connectivity index (χ0v) is 10.9. The molecular weight excluding hydrogens is 262 g/mol. The lowest BCUT2D eigenvalue weighted by Gasteiger charge is -2.08.